The lowest BCUT2D eigenvalue weighted by Gasteiger charge is -2.34. The van der Waals surface area contributed by atoms with Crippen molar-refractivity contribution in [2.24, 2.45) is 11.8 Å². The van der Waals surface area contributed by atoms with Crippen LogP contribution in [0.3, 0.4) is 0 Å². The van der Waals surface area contributed by atoms with Gasteiger partial charge in [0.05, 0.1) is 17.4 Å². The Hall–Kier alpha value is -1.57. The second-order valence-electron chi connectivity index (χ2n) is 6.06. The molecule has 1 fully saturated rings. The van der Waals surface area contributed by atoms with Crippen LogP contribution in [0.1, 0.15) is 33.1 Å². The summed E-state index contributed by atoms with van der Waals surface area (Å²) in [5.41, 5.74) is 2.22. The molecule has 1 aliphatic carbocycles. The van der Waals surface area contributed by atoms with Gasteiger partial charge in [0.25, 0.3) is 0 Å². The Labute approximate surface area is 115 Å². The zero-order valence-electron chi connectivity index (χ0n) is 11.8. The lowest BCUT2D eigenvalue weighted by atomic mass is 9.80. The molecule has 100 valence electrons. The van der Waals surface area contributed by atoms with Crippen molar-refractivity contribution in [2.75, 3.05) is 5.32 Å². The van der Waals surface area contributed by atoms with Crippen molar-refractivity contribution in [1.29, 1.82) is 0 Å². The quantitative estimate of drug-likeness (QED) is 0.855. The highest BCUT2D eigenvalue weighted by atomic mass is 14.9. The molecular weight excluding hydrogens is 232 g/mol. The molecule has 2 heteroatoms. The smallest absolute Gasteiger partial charge is 0.0703 e. The highest BCUT2D eigenvalue weighted by Gasteiger charge is 2.25. The Bertz CT molecular complexity index is 564. The number of aromatic nitrogens is 1. The average molecular weight is 254 g/mol. The maximum Gasteiger partial charge on any atom is 0.0703 e. The number of hydrogen-bond acceptors (Lipinski definition) is 2. The lowest BCUT2D eigenvalue weighted by molar-refractivity contribution is 0.280. The minimum atomic E-state index is 0.590. The topological polar surface area (TPSA) is 24.9 Å². The standard InChI is InChI=1S/C17H22N2/c1-12-7-8-13(2)17(9-12)19-15-10-14-5-3-4-6-16(14)18-11-15/h3-6,10-13,17,19H,7-9H2,1-2H3. The second kappa shape index (κ2) is 5.20. The maximum absolute atomic E-state index is 4.53. The summed E-state index contributed by atoms with van der Waals surface area (Å²) in [7, 11) is 0. The molecule has 3 atom stereocenters. The molecule has 2 nitrogen and oxygen atoms in total. The molecule has 1 heterocycles. The van der Waals surface area contributed by atoms with Gasteiger partial charge >= 0.3 is 0 Å². The van der Waals surface area contributed by atoms with Crippen LogP contribution in [-0.2, 0) is 0 Å². The normalized spacial score (nSPS) is 27.4. The summed E-state index contributed by atoms with van der Waals surface area (Å²) in [6.45, 7) is 4.72. The molecule has 1 aliphatic rings. The van der Waals surface area contributed by atoms with Gasteiger partial charge in [-0.1, -0.05) is 38.5 Å². The molecule has 2 aromatic rings. The molecule has 0 aliphatic heterocycles. The van der Waals surface area contributed by atoms with Crippen molar-refractivity contribution in [1.82, 2.24) is 4.98 Å². The van der Waals surface area contributed by atoms with Crippen LogP contribution in [0.15, 0.2) is 36.5 Å². The molecule has 1 aromatic heterocycles. The number of para-hydroxylation sites is 1. The van der Waals surface area contributed by atoms with Gasteiger partial charge in [-0.2, -0.15) is 0 Å². The number of rotatable bonds is 2. The third-order valence-corrected chi connectivity index (χ3v) is 4.40. The molecule has 0 spiro atoms. The number of fused-ring (bicyclic) bond motifs is 1. The Balaban J connectivity index is 1.80. The van der Waals surface area contributed by atoms with Gasteiger partial charge in [-0.15, -0.1) is 0 Å². The van der Waals surface area contributed by atoms with Gasteiger partial charge in [-0.3, -0.25) is 4.98 Å². The third-order valence-electron chi connectivity index (χ3n) is 4.40. The van der Waals surface area contributed by atoms with E-state index in [0.29, 0.717) is 6.04 Å². The summed E-state index contributed by atoms with van der Waals surface area (Å²) >= 11 is 0. The highest BCUT2D eigenvalue weighted by molar-refractivity contribution is 5.81. The van der Waals surface area contributed by atoms with Gasteiger partial charge in [-0.05, 0) is 36.8 Å². The molecule has 19 heavy (non-hydrogen) atoms. The van der Waals surface area contributed by atoms with Crippen molar-refractivity contribution in [3.63, 3.8) is 0 Å². The number of anilines is 1. The first-order valence-corrected chi connectivity index (χ1v) is 7.33. The molecule has 0 radical (unpaired) electrons. The van der Waals surface area contributed by atoms with E-state index in [0.717, 1.165) is 23.0 Å². The molecule has 3 rings (SSSR count). The summed E-state index contributed by atoms with van der Waals surface area (Å²) in [6, 6.07) is 11.1. The van der Waals surface area contributed by atoms with Crippen LogP contribution in [0.4, 0.5) is 5.69 Å². The van der Waals surface area contributed by atoms with Gasteiger partial charge in [0.15, 0.2) is 0 Å². The maximum atomic E-state index is 4.53. The first-order chi connectivity index (χ1) is 9.22. The van der Waals surface area contributed by atoms with E-state index < -0.39 is 0 Å². The van der Waals surface area contributed by atoms with Gasteiger partial charge < -0.3 is 5.32 Å². The van der Waals surface area contributed by atoms with E-state index in [1.54, 1.807) is 0 Å². The number of nitrogens with zero attached hydrogens (tertiary/aromatic N) is 1. The molecule has 1 aromatic carbocycles. The largest absolute Gasteiger partial charge is 0.381 e. The van der Waals surface area contributed by atoms with E-state index in [4.69, 9.17) is 0 Å². The van der Waals surface area contributed by atoms with E-state index in [1.165, 1.54) is 24.6 Å². The minimum Gasteiger partial charge on any atom is -0.381 e. The number of nitrogens with one attached hydrogen (secondary N) is 1. The van der Waals surface area contributed by atoms with Crippen LogP contribution >= 0.6 is 0 Å². The van der Waals surface area contributed by atoms with Crippen molar-refractivity contribution >= 4 is 16.6 Å². The summed E-state index contributed by atoms with van der Waals surface area (Å²) in [4.78, 5) is 4.53. The minimum absolute atomic E-state index is 0.590. The number of pyridine rings is 1. The zero-order valence-corrected chi connectivity index (χ0v) is 11.8. The molecular formula is C17H22N2. The third kappa shape index (κ3) is 2.73. The monoisotopic (exact) mass is 254 g/mol. The van der Waals surface area contributed by atoms with Crippen LogP contribution in [0.25, 0.3) is 10.9 Å². The van der Waals surface area contributed by atoms with E-state index >= 15 is 0 Å². The van der Waals surface area contributed by atoms with Crippen molar-refractivity contribution in [3.8, 4) is 0 Å². The average Bonchev–Trinajstić information content (AvgIpc) is 2.43. The van der Waals surface area contributed by atoms with Crippen molar-refractivity contribution in [3.05, 3.63) is 36.5 Å². The Morgan fingerprint density at radius 3 is 2.89 bits per heavy atom. The van der Waals surface area contributed by atoms with E-state index in [9.17, 15) is 0 Å². The fourth-order valence-electron chi connectivity index (χ4n) is 3.10. The Morgan fingerprint density at radius 1 is 1.16 bits per heavy atom. The van der Waals surface area contributed by atoms with E-state index in [2.05, 4.69) is 48.4 Å². The Morgan fingerprint density at radius 2 is 2.00 bits per heavy atom. The molecule has 0 amide bonds. The van der Waals surface area contributed by atoms with Gasteiger partial charge in [-0.25, -0.2) is 0 Å². The highest BCUT2D eigenvalue weighted by Crippen LogP contribution is 2.31. The predicted octanol–water partition coefficient (Wildman–Crippen LogP) is 4.47. The first-order valence-electron chi connectivity index (χ1n) is 7.33. The molecule has 3 unspecified atom stereocenters. The summed E-state index contributed by atoms with van der Waals surface area (Å²) in [5, 5.41) is 4.90. The fraction of sp³-hybridized carbons (Fsp3) is 0.471. The Kier molecular flexibility index (Phi) is 3.41. The zero-order chi connectivity index (χ0) is 13.2. The van der Waals surface area contributed by atoms with Gasteiger partial charge in [0.2, 0.25) is 0 Å². The van der Waals surface area contributed by atoms with Crippen LogP contribution in [0.2, 0.25) is 0 Å². The summed E-state index contributed by atoms with van der Waals surface area (Å²) < 4.78 is 0. The van der Waals surface area contributed by atoms with Crippen LogP contribution in [0, 0.1) is 11.8 Å². The molecule has 0 bridgehead atoms. The van der Waals surface area contributed by atoms with Crippen molar-refractivity contribution in [2.45, 2.75) is 39.2 Å². The number of benzene rings is 1. The number of hydrogen-bond donors (Lipinski definition) is 1. The fourth-order valence-corrected chi connectivity index (χ4v) is 3.10. The van der Waals surface area contributed by atoms with E-state index in [-0.39, 0.29) is 0 Å². The summed E-state index contributed by atoms with van der Waals surface area (Å²) in [5.74, 6) is 1.59. The van der Waals surface area contributed by atoms with Crippen molar-refractivity contribution < 1.29 is 0 Å². The molecule has 1 saturated carbocycles. The first kappa shape index (κ1) is 12.5. The predicted molar refractivity (Wildman–Crippen MR) is 81.3 cm³/mol. The van der Waals surface area contributed by atoms with E-state index in [1.807, 2.05) is 12.3 Å². The van der Waals surface area contributed by atoms with Crippen LogP contribution < -0.4 is 5.32 Å². The van der Waals surface area contributed by atoms with Gasteiger partial charge in [0.1, 0.15) is 0 Å². The van der Waals surface area contributed by atoms with Crippen LogP contribution in [-0.4, -0.2) is 11.0 Å². The SMILES string of the molecule is CC1CCC(C)C(Nc2cnc3ccccc3c2)C1. The second-order valence-corrected chi connectivity index (χ2v) is 6.06. The van der Waals surface area contributed by atoms with Crippen LogP contribution in [0.5, 0.6) is 0 Å². The molecule has 1 N–H and O–H groups in total. The van der Waals surface area contributed by atoms with Gasteiger partial charge in [0, 0.05) is 11.4 Å². The summed E-state index contributed by atoms with van der Waals surface area (Å²) in [6.07, 6.45) is 5.94. The molecule has 0 saturated heterocycles. The lowest BCUT2D eigenvalue weighted by Crippen LogP contribution is -2.33.